The first-order chi connectivity index (χ1) is 8.46. The fraction of sp³-hybridized carbons (Fsp3) is 0.417. The van der Waals surface area contributed by atoms with Crippen molar-refractivity contribution in [2.24, 2.45) is 0 Å². The molecule has 0 radical (unpaired) electrons. The molecule has 0 bridgehead atoms. The molecule has 0 aromatic heterocycles. The molecule has 6 heteroatoms. The zero-order valence-electron chi connectivity index (χ0n) is 10.2. The van der Waals surface area contributed by atoms with Crippen LogP contribution in [-0.4, -0.2) is 38.6 Å². The summed E-state index contributed by atoms with van der Waals surface area (Å²) in [5.74, 6) is -0.0374. The highest BCUT2D eigenvalue weighted by atomic mass is 32.2. The smallest absolute Gasteiger partial charge is 0.253 e. The average Bonchev–Trinajstić information content (AvgIpc) is 2.79. The number of nitrogens with zero attached hydrogens (tertiary/aromatic N) is 1. The zero-order valence-corrected chi connectivity index (χ0v) is 11.0. The number of carbonyl (C=O) groups is 1. The highest BCUT2D eigenvalue weighted by molar-refractivity contribution is 7.92. The molecule has 1 aliphatic heterocycles. The molecule has 1 aromatic rings. The minimum atomic E-state index is -3.31. The summed E-state index contributed by atoms with van der Waals surface area (Å²) in [6.45, 7) is 1.56. The summed E-state index contributed by atoms with van der Waals surface area (Å²) in [6.07, 6.45) is 3.15. The van der Waals surface area contributed by atoms with E-state index < -0.39 is 10.0 Å². The number of hydrogen-bond donors (Lipinski definition) is 1. The number of benzene rings is 1. The fourth-order valence-electron chi connectivity index (χ4n) is 2.03. The summed E-state index contributed by atoms with van der Waals surface area (Å²) >= 11 is 0. The predicted molar refractivity (Wildman–Crippen MR) is 70.0 cm³/mol. The van der Waals surface area contributed by atoms with Crippen molar-refractivity contribution in [3.8, 4) is 0 Å². The molecule has 0 unspecified atom stereocenters. The van der Waals surface area contributed by atoms with Crippen LogP contribution in [0.15, 0.2) is 24.3 Å². The van der Waals surface area contributed by atoms with E-state index in [0.717, 1.165) is 32.2 Å². The quantitative estimate of drug-likeness (QED) is 0.898. The van der Waals surface area contributed by atoms with Gasteiger partial charge < -0.3 is 4.90 Å². The second-order valence-corrected chi connectivity index (χ2v) is 6.20. The standard InChI is InChI=1S/C12H16N2O3S/c1-18(16,17)13-11-6-4-5-10(9-11)12(15)14-7-2-3-8-14/h4-6,9,13H,2-3,7-8H2,1H3. The van der Waals surface area contributed by atoms with Gasteiger partial charge in [-0.1, -0.05) is 6.07 Å². The number of anilines is 1. The molecule has 2 rings (SSSR count). The van der Waals surface area contributed by atoms with E-state index in [9.17, 15) is 13.2 Å². The number of likely N-dealkylation sites (tertiary alicyclic amines) is 1. The first-order valence-electron chi connectivity index (χ1n) is 5.83. The van der Waals surface area contributed by atoms with Crippen molar-refractivity contribution in [3.63, 3.8) is 0 Å². The van der Waals surface area contributed by atoms with E-state index >= 15 is 0 Å². The lowest BCUT2D eigenvalue weighted by Crippen LogP contribution is -2.27. The third-order valence-corrected chi connectivity index (χ3v) is 3.41. The Morgan fingerprint density at radius 3 is 2.56 bits per heavy atom. The molecule has 1 saturated heterocycles. The first-order valence-corrected chi connectivity index (χ1v) is 7.72. The van der Waals surface area contributed by atoms with Gasteiger partial charge in [-0.3, -0.25) is 9.52 Å². The summed E-state index contributed by atoms with van der Waals surface area (Å²) in [5, 5.41) is 0. The molecule has 0 spiro atoms. The van der Waals surface area contributed by atoms with Crippen molar-refractivity contribution in [2.75, 3.05) is 24.1 Å². The van der Waals surface area contributed by atoms with Gasteiger partial charge >= 0.3 is 0 Å². The van der Waals surface area contributed by atoms with Crippen molar-refractivity contribution >= 4 is 21.6 Å². The largest absolute Gasteiger partial charge is 0.339 e. The lowest BCUT2D eigenvalue weighted by Gasteiger charge is -2.15. The van der Waals surface area contributed by atoms with Crippen LogP contribution in [-0.2, 0) is 10.0 Å². The molecule has 0 saturated carbocycles. The van der Waals surface area contributed by atoms with Gasteiger partial charge in [-0.2, -0.15) is 0 Å². The maximum absolute atomic E-state index is 12.1. The molecule has 1 heterocycles. The Morgan fingerprint density at radius 1 is 1.28 bits per heavy atom. The summed E-state index contributed by atoms with van der Waals surface area (Å²) in [4.78, 5) is 13.9. The maximum Gasteiger partial charge on any atom is 0.253 e. The van der Waals surface area contributed by atoms with Crippen molar-refractivity contribution in [2.45, 2.75) is 12.8 Å². The second kappa shape index (κ2) is 4.97. The van der Waals surface area contributed by atoms with E-state index in [0.29, 0.717) is 11.3 Å². The Balaban J connectivity index is 2.18. The molecule has 18 heavy (non-hydrogen) atoms. The number of sulfonamides is 1. The molecule has 98 valence electrons. The fourth-order valence-corrected chi connectivity index (χ4v) is 2.59. The van der Waals surface area contributed by atoms with Gasteiger partial charge in [-0.05, 0) is 31.0 Å². The van der Waals surface area contributed by atoms with Crippen LogP contribution in [0.3, 0.4) is 0 Å². The van der Waals surface area contributed by atoms with Crippen LogP contribution in [0.5, 0.6) is 0 Å². The Hall–Kier alpha value is -1.56. The SMILES string of the molecule is CS(=O)(=O)Nc1cccc(C(=O)N2CCCC2)c1. The normalized spacial score (nSPS) is 15.7. The lowest BCUT2D eigenvalue weighted by molar-refractivity contribution is 0.0793. The Morgan fingerprint density at radius 2 is 1.94 bits per heavy atom. The van der Waals surface area contributed by atoms with Crippen LogP contribution in [0.25, 0.3) is 0 Å². The highest BCUT2D eigenvalue weighted by Crippen LogP contribution is 2.16. The first kappa shape index (κ1) is 12.9. The van der Waals surface area contributed by atoms with Gasteiger partial charge in [-0.25, -0.2) is 8.42 Å². The van der Waals surface area contributed by atoms with Gasteiger partial charge in [-0.15, -0.1) is 0 Å². The molecule has 1 fully saturated rings. The van der Waals surface area contributed by atoms with Gasteiger partial charge in [0, 0.05) is 24.3 Å². The van der Waals surface area contributed by atoms with E-state index in [-0.39, 0.29) is 5.91 Å². The molecule has 1 N–H and O–H groups in total. The van der Waals surface area contributed by atoms with Gasteiger partial charge in [0.15, 0.2) is 0 Å². The van der Waals surface area contributed by atoms with Crippen LogP contribution in [0.4, 0.5) is 5.69 Å². The predicted octanol–water partition coefficient (Wildman–Crippen LogP) is 1.29. The molecule has 5 nitrogen and oxygen atoms in total. The van der Waals surface area contributed by atoms with Crippen molar-refractivity contribution in [3.05, 3.63) is 29.8 Å². The molecular weight excluding hydrogens is 252 g/mol. The summed E-state index contributed by atoms with van der Waals surface area (Å²) in [5.41, 5.74) is 0.938. The number of nitrogens with one attached hydrogen (secondary N) is 1. The average molecular weight is 268 g/mol. The number of carbonyl (C=O) groups excluding carboxylic acids is 1. The summed E-state index contributed by atoms with van der Waals surface area (Å²) in [7, 11) is -3.31. The van der Waals surface area contributed by atoms with E-state index in [1.807, 2.05) is 0 Å². The number of hydrogen-bond acceptors (Lipinski definition) is 3. The van der Waals surface area contributed by atoms with Crippen LogP contribution >= 0.6 is 0 Å². The maximum atomic E-state index is 12.1. The third-order valence-electron chi connectivity index (χ3n) is 2.81. The highest BCUT2D eigenvalue weighted by Gasteiger charge is 2.19. The van der Waals surface area contributed by atoms with Crippen LogP contribution < -0.4 is 4.72 Å². The molecule has 0 aliphatic carbocycles. The molecule has 1 aromatic carbocycles. The number of rotatable bonds is 3. The van der Waals surface area contributed by atoms with Gasteiger partial charge in [0.2, 0.25) is 10.0 Å². The molecular formula is C12H16N2O3S. The van der Waals surface area contributed by atoms with Gasteiger partial charge in [0.25, 0.3) is 5.91 Å². The third kappa shape index (κ3) is 3.22. The van der Waals surface area contributed by atoms with E-state index in [1.54, 1.807) is 29.2 Å². The number of amides is 1. The minimum absolute atomic E-state index is 0.0374. The van der Waals surface area contributed by atoms with Crippen LogP contribution in [0.2, 0.25) is 0 Å². The molecule has 0 atom stereocenters. The van der Waals surface area contributed by atoms with E-state index in [4.69, 9.17) is 0 Å². The van der Waals surface area contributed by atoms with Crippen molar-refractivity contribution in [1.29, 1.82) is 0 Å². The van der Waals surface area contributed by atoms with Gasteiger partial charge in [0.05, 0.1) is 6.26 Å². The summed E-state index contributed by atoms with van der Waals surface area (Å²) < 4.78 is 24.6. The topological polar surface area (TPSA) is 66.5 Å². The lowest BCUT2D eigenvalue weighted by atomic mass is 10.2. The minimum Gasteiger partial charge on any atom is -0.339 e. The Bertz CT molecular complexity index is 548. The van der Waals surface area contributed by atoms with Crippen LogP contribution in [0, 0.1) is 0 Å². The van der Waals surface area contributed by atoms with Gasteiger partial charge in [0.1, 0.15) is 0 Å². The van der Waals surface area contributed by atoms with E-state index in [2.05, 4.69) is 4.72 Å². The monoisotopic (exact) mass is 268 g/mol. The van der Waals surface area contributed by atoms with Crippen molar-refractivity contribution < 1.29 is 13.2 Å². The summed E-state index contributed by atoms with van der Waals surface area (Å²) in [6, 6.07) is 6.58. The Kier molecular flexibility index (Phi) is 3.56. The van der Waals surface area contributed by atoms with Crippen LogP contribution in [0.1, 0.15) is 23.2 Å². The molecule has 1 aliphatic rings. The van der Waals surface area contributed by atoms with E-state index in [1.165, 1.54) is 0 Å². The zero-order chi connectivity index (χ0) is 13.2. The Labute approximate surface area is 107 Å². The van der Waals surface area contributed by atoms with Crippen molar-refractivity contribution in [1.82, 2.24) is 4.90 Å². The second-order valence-electron chi connectivity index (χ2n) is 4.45. The molecule has 1 amide bonds.